The fourth-order valence-electron chi connectivity index (χ4n) is 1.22. The number of anilines is 2. The average Bonchev–Trinajstić information content (AvgIpc) is 2.75. The van der Waals surface area contributed by atoms with Crippen molar-refractivity contribution in [1.82, 2.24) is 35.2 Å². The Morgan fingerprint density at radius 2 is 2.05 bits per heavy atom. The van der Waals surface area contributed by atoms with Crippen molar-refractivity contribution in [3.05, 3.63) is 0 Å². The summed E-state index contributed by atoms with van der Waals surface area (Å²) in [5.41, 5.74) is 0. The first-order valence-corrected chi connectivity index (χ1v) is 6.49. The second-order valence-electron chi connectivity index (χ2n) is 3.85. The normalized spacial score (nSPS) is 10.5. The number of nitrogens with one attached hydrogen (secondary N) is 1. The molecule has 0 aliphatic rings. The molecule has 2 heterocycles. The minimum Gasteiger partial charge on any atom is -0.354 e. The summed E-state index contributed by atoms with van der Waals surface area (Å²) in [6.45, 7) is 2.73. The highest BCUT2D eigenvalue weighted by atomic mass is 32.2. The number of hydrogen-bond acceptors (Lipinski definition) is 9. The molecule has 0 spiro atoms. The molecule has 19 heavy (non-hydrogen) atoms. The molecule has 0 bridgehead atoms. The third kappa shape index (κ3) is 3.28. The van der Waals surface area contributed by atoms with Crippen molar-refractivity contribution in [1.29, 1.82) is 0 Å². The first kappa shape index (κ1) is 13.5. The molecule has 0 amide bonds. The molecule has 2 aromatic heterocycles. The Morgan fingerprint density at radius 1 is 1.26 bits per heavy atom. The first-order valence-electron chi connectivity index (χ1n) is 5.67. The van der Waals surface area contributed by atoms with Gasteiger partial charge in [-0.05, 0) is 29.1 Å². The summed E-state index contributed by atoms with van der Waals surface area (Å²) >= 11 is 1.29. The quantitative estimate of drug-likeness (QED) is 0.814. The van der Waals surface area contributed by atoms with Crippen LogP contribution in [-0.2, 0) is 7.05 Å². The SMILES string of the molecule is CCNc1nc(Sc2nnnn2C)nc(N(C)C)n1. The molecule has 0 atom stereocenters. The molecular weight excluding hydrogens is 266 g/mol. The largest absolute Gasteiger partial charge is 0.354 e. The molecule has 0 aliphatic carbocycles. The fraction of sp³-hybridized carbons (Fsp3) is 0.556. The van der Waals surface area contributed by atoms with Crippen LogP contribution < -0.4 is 10.2 Å². The zero-order valence-corrected chi connectivity index (χ0v) is 12.0. The van der Waals surface area contributed by atoms with E-state index in [0.29, 0.717) is 22.2 Å². The van der Waals surface area contributed by atoms with E-state index < -0.39 is 0 Å². The van der Waals surface area contributed by atoms with Crippen molar-refractivity contribution in [2.75, 3.05) is 30.9 Å². The van der Waals surface area contributed by atoms with Crippen molar-refractivity contribution in [2.45, 2.75) is 17.2 Å². The smallest absolute Gasteiger partial charge is 0.230 e. The first-order chi connectivity index (χ1) is 9.10. The second kappa shape index (κ2) is 5.78. The third-order valence-electron chi connectivity index (χ3n) is 2.10. The summed E-state index contributed by atoms with van der Waals surface area (Å²) < 4.78 is 1.57. The number of aryl methyl sites for hydroxylation is 1. The lowest BCUT2D eigenvalue weighted by Gasteiger charge is -2.12. The lowest BCUT2D eigenvalue weighted by atomic mass is 10.7. The standard InChI is InChI=1S/C9H15N9S/c1-5-10-6-11-7(17(2)3)13-8(12-6)19-9-14-15-16-18(9)4/h5H2,1-4H3,(H,10,11,12,13). The maximum Gasteiger partial charge on any atom is 0.230 e. The topological polar surface area (TPSA) is 97.5 Å². The average molecular weight is 281 g/mol. The highest BCUT2D eigenvalue weighted by molar-refractivity contribution is 7.99. The van der Waals surface area contributed by atoms with Gasteiger partial charge in [0, 0.05) is 27.7 Å². The molecule has 10 heteroatoms. The van der Waals surface area contributed by atoms with Gasteiger partial charge >= 0.3 is 0 Å². The summed E-state index contributed by atoms with van der Waals surface area (Å²) in [6, 6.07) is 0. The number of rotatable bonds is 5. The molecule has 0 aromatic carbocycles. The Bertz CT molecular complexity index is 552. The number of tetrazole rings is 1. The molecule has 2 aromatic rings. The van der Waals surface area contributed by atoms with Crippen LogP contribution in [-0.4, -0.2) is 55.8 Å². The monoisotopic (exact) mass is 281 g/mol. The van der Waals surface area contributed by atoms with Gasteiger partial charge in [0.1, 0.15) is 0 Å². The van der Waals surface area contributed by atoms with Crippen molar-refractivity contribution >= 4 is 23.7 Å². The molecule has 1 N–H and O–H groups in total. The van der Waals surface area contributed by atoms with Crippen LogP contribution in [0.2, 0.25) is 0 Å². The maximum atomic E-state index is 4.35. The van der Waals surface area contributed by atoms with Gasteiger partial charge in [-0.1, -0.05) is 0 Å². The Kier molecular flexibility index (Phi) is 4.10. The van der Waals surface area contributed by atoms with Crippen LogP contribution in [0.3, 0.4) is 0 Å². The highest BCUT2D eigenvalue weighted by Crippen LogP contribution is 2.23. The van der Waals surface area contributed by atoms with E-state index in [9.17, 15) is 0 Å². The fourth-order valence-corrected chi connectivity index (χ4v) is 1.89. The minimum atomic E-state index is 0.541. The van der Waals surface area contributed by atoms with Gasteiger partial charge in [-0.2, -0.15) is 15.0 Å². The van der Waals surface area contributed by atoms with Gasteiger partial charge < -0.3 is 10.2 Å². The van der Waals surface area contributed by atoms with Gasteiger partial charge in [0.15, 0.2) is 0 Å². The van der Waals surface area contributed by atoms with Crippen molar-refractivity contribution in [3.8, 4) is 0 Å². The minimum absolute atomic E-state index is 0.541. The van der Waals surface area contributed by atoms with Gasteiger partial charge in [-0.25, -0.2) is 4.68 Å². The van der Waals surface area contributed by atoms with E-state index in [1.807, 2.05) is 25.9 Å². The van der Waals surface area contributed by atoms with E-state index in [1.54, 1.807) is 11.7 Å². The van der Waals surface area contributed by atoms with Crippen LogP contribution in [0.5, 0.6) is 0 Å². The van der Waals surface area contributed by atoms with Crippen molar-refractivity contribution in [2.24, 2.45) is 7.05 Å². The van der Waals surface area contributed by atoms with Gasteiger partial charge in [0.25, 0.3) is 0 Å². The molecule has 0 aliphatic heterocycles. The van der Waals surface area contributed by atoms with E-state index in [-0.39, 0.29) is 0 Å². The van der Waals surface area contributed by atoms with Crippen molar-refractivity contribution < 1.29 is 0 Å². The summed E-state index contributed by atoms with van der Waals surface area (Å²) in [7, 11) is 5.52. The van der Waals surface area contributed by atoms with Gasteiger partial charge in [0.2, 0.25) is 22.2 Å². The maximum absolute atomic E-state index is 4.35. The Balaban J connectivity index is 2.31. The van der Waals surface area contributed by atoms with E-state index in [1.165, 1.54) is 11.8 Å². The molecular formula is C9H15N9S. The molecule has 9 nitrogen and oxygen atoms in total. The zero-order valence-electron chi connectivity index (χ0n) is 11.2. The van der Waals surface area contributed by atoms with E-state index in [0.717, 1.165) is 6.54 Å². The predicted octanol–water partition coefficient (Wildman–Crippen LogP) is 0.0441. The van der Waals surface area contributed by atoms with Gasteiger partial charge in [-0.3, -0.25) is 0 Å². The molecule has 102 valence electrons. The van der Waals surface area contributed by atoms with Crippen molar-refractivity contribution in [3.63, 3.8) is 0 Å². The predicted molar refractivity (Wildman–Crippen MR) is 71.2 cm³/mol. The van der Waals surface area contributed by atoms with Gasteiger partial charge in [-0.15, -0.1) is 5.10 Å². The van der Waals surface area contributed by atoms with E-state index in [4.69, 9.17) is 0 Å². The molecule has 2 rings (SSSR count). The summed E-state index contributed by atoms with van der Waals surface area (Å²) in [4.78, 5) is 14.8. The number of nitrogens with zero attached hydrogens (tertiary/aromatic N) is 8. The van der Waals surface area contributed by atoms with Crippen LogP contribution >= 0.6 is 11.8 Å². The molecule has 0 unspecified atom stereocenters. The number of aromatic nitrogens is 7. The van der Waals surface area contributed by atoms with Crippen LogP contribution in [0, 0.1) is 0 Å². The summed E-state index contributed by atoms with van der Waals surface area (Å²) in [5.74, 6) is 1.13. The van der Waals surface area contributed by atoms with E-state index in [2.05, 4.69) is 35.8 Å². The summed E-state index contributed by atoms with van der Waals surface area (Å²) in [6.07, 6.45) is 0. The van der Waals surface area contributed by atoms with Crippen LogP contribution in [0.4, 0.5) is 11.9 Å². The van der Waals surface area contributed by atoms with E-state index >= 15 is 0 Å². The lowest BCUT2D eigenvalue weighted by Crippen LogP contribution is -2.15. The zero-order chi connectivity index (χ0) is 13.8. The lowest BCUT2D eigenvalue weighted by molar-refractivity contribution is 0.663. The van der Waals surface area contributed by atoms with Crippen LogP contribution in [0.1, 0.15) is 6.92 Å². The third-order valence-corrected chi connectivity index (χ3v) is 3.00. The number of hydrogen-bond donors (Lipinski definition) is 1. The summed E-state index contributed by atoms with van der Waals surface area (Å²) in [5, 5.41) is 15.5. The highest BCUT2D eigenvalue weighted by Gasteiger charge is 2.12. The Labute approximate surface area is 114 Å². The van der Waals surface area contributed by atoms with Crippen LogP contribution in [0.15, 0.2) is 10.3 Å². The van der Waals surface area contributed by atoms with Crippen LogP contribution in [0.25, 0.3) is 0 Å². The molecule has 0 saturated heterocycles. The Hall–Kier alpha value is -1.97. The van der Waals surface area contributed by atoms with Gasteiger partial charge in [0.05, 0.1) is 0 Å². The Morgan fingerprint density at radius 3 is 2.63 bits per heavy atom. The molecule has 0 radical (unpaired) electrons. The molecule has 0 saturated carbocycles. The molecule has 0 fully saturated rings. The second-order valence-corrected chi connectivity index (χ2v) is 4.79.